The Balaban J connectivity index is 2.41. The van der Waals surface area contributed by atoms with Crippen molar-refractivity contribution in [3.05, 3.63) is 34.3 Å². The van der Waals surface area contributed by atoms with Crippen LogP contribution in [-0.4, -0.2) is 18.4 Å². The lowest BCUT2D eigenvalue weighted by Crippen LogP contribution is -2.41. The summed E-state index contributed by atoms with van der Waals surface area (Å²) in [5, 5.41) is 5.88. The van der Waals surface area contributed by atoms with E-state index in [-0.39, 0.29) is 5.91 Å². The van der Waals surface area contributed by atoms with Gasteiger partial charge in [0.15, 0.2) is 5.96 Å². The Kier molecular flexibility index (Phi) is 3.19. The maximum absolute atomic E-state index is 12.1. The fraction of sp³-hybridized carbons (Fsp3) is 0.333. The van der Waals surface area contributed by atoms with Crippen LogP contribution < -0.4 is 10.6 Å². The van der Waals surface area contributed by atoms with Crippen LogP contribution in [0.5, 0.6) is 0 Å². The largest absolute Gasteiger partial charge is 0.338 e. The van der Waals surface area contributed by atoms with Crippen molar-refractivity contribution >= 4 is 27.8 Å². The van der Waals surface area contributed by atoms with Crippen molar-refractivity contribution in [3.8, 4) is 0 Å². The summed E-state index contributed by atoms with van der Waals surface area (Å²) >= 11 is 3.47. The Morgan fingerprint density at radius 1 is 1.41 bits per heavy atom. The molecule has 1 atom stereocenters. The van der Waals surface area contributed by atoms with E-state index in [2.05, 4.69) is 31.6 Å². The molecule has 1 amide bonds. The summed E-state index contributed by atoms with van der Waals surface area (Å²) in [5.41, 5.74) is 0.132. The van der Waals surface area contributed by atoms with E-state index in [1.165, 1.54) is 0 Å². The molecule has 1 saturated heterocycles. The highest BCUT2D eigenvalue weighted by Crippen LogP contribution is 2.30. The van der Waals surface area contributed by atoms with E-state index in [4.69, 9.17) is 0 Å². The van der Waals surface area contributed by atoms with Gasteiger partial charge in [-0.2, -0.15) is 0 Å². The van der Waals surface area contributed by atoms with Gasteiger partial charge in [0, 0.05) is 16.6 Å². The van der Waals surface area contributed by atoms with Gasteiger partial charge in [0.2, 0.25) is 0 Å². The molecule has 5 heteroatoms. The molecular formula is C12H14BrN3O. The summed E-state index contributed by atoms with van der Waals surface area (Å²) in [6.07, 6.45) is 0. The lowest BCUT2D eigenvalue weighted by molar-refractivity contribution is -0.123. The second kappa shape index (κ2) is 4.49. The molecule has 1 aromatic carbocycles. The fourth-order valence-electron chi connectivity index (χ4n) is 1.85. The molecule has 0 radical (unpaired) electrons. The van der Waals surface area contributed by atoms with Crippen LogP contribution in [0, 0.1) is 0 Å². The second-order valence-corrected chi connectivity index (χ2v) is 4.86. The zero-order chi connectivity index (χ0) is 12.5. The van der Waals surface area contributed by atoms with Gasteiger partial charge < -0.3 is 5.32 Å². The summed E-state index contributed by atoms with van der Waals surface area (Å²) < 4.78 is 0.905. The van der Waals surface area contributed by atoms with Gasteiger partial charge in [0.05, 0.1) is 0 Å². The third-order valence-electron chi connectivity index (χ3n) is 2.78. The summed E-state index contributed by atoms with van der Waals surface area (Å²) in [4.78, 5) is 16.2. The van der Waals surface area contributed by atoms with Gasteiger partial charge >= 0.3 is 0 Å². The van der Waals surface area contributed by atoms with E-state index in [0.29, 0.717) is 12.5 Å². The minimum atomic E-state index is -0.770. The molecule has 0 spiro atoms. The van der Waals surface area contributed by atoms with Gasteiger partial charge in [-0.05, 0) is 19.9 Å². The number of guanidine groups is 1. The zero-order valence-electron chi connectivity index (χ0n) is 9.75. The molecule has 0 bridgehead atoms. The van der Waals surface area contributed by atoms with Crippen molar-refractivity contribution in [3.63, 3.8) is 0 Å². The molecule has 0 saturated carbocycles. The average molecular weight is 296 g/mol. The van der Waals surface area contributed by atoms with Crippen LogP contribution in [0.1, 0.15) is 19.4 Å². The number of carbonyl (C=O) groups is 1. The van der Waals surface area contributed by atoms with Crippen LogP contribution in [0.3, 0.4) is 0 Å². The van der Waals surface area contributed by atoms with Crippen molar-refractivity contribution in [1.29, 1.82) is 0 Å². The highest BCUT2D eigenvalue weighted by molar-refractivity contribution is 9.10. The van der Waals surface area contributed by atoms with Crippen molar-refractivity contribution in [2.75, 3.05) is 6.54 Å². The van der Waals surface area contributed by atoms with Crippen molar-refractivity contribution < 1.29 is 4.79 Å². The summed E-state index contributed by atoms with van der Waals surface area (Å²) in [5.74, 6) is 0.451. The van der Waals surface area contributed by atoms with Crippen LogP contribution in [-0.2, 0) is 10.3 Å². The summed E-state index contributed by atoms with van der Waals surface area (Å²) in [6.45, 7) is 4.41. The first-order chi connectivity index (χ1) is 8.08. The number of rotatable bonds is 2. The van der Waals surface area contributed by atoms with Gasteiger partial charge in [-0.1, -0.05) is 34.1 Å². The highest BCUT2D eigenvalue weighted by atomic mass is 79.9. The number of hydrogen-bond donors (Lipinski definition) is 2. The number of amides is 1. The van der Waals surface area contributed by atoms with Crippen molar-refractivity contribution in [2.45, 2.75) is 19.4 Å². The van der Waals surface area contributed by atoms with Crippen LogP contribution in [0.15, 0.2) is 33.7 Å². The Bertz CT molecular complexity index is 486. The molecule has 2 N–H and O–H groups in total. The molecule has 1 fully saturated rings. The third-order valence-corrected chi connectivity index (χ3v) is 3.47. The fourth-order valence-corrected chi connectivity index (χ4v) is 2.53. The van der Waals surface area contributed by atoms with E-state index in [9.17, 15) is 4.79 Å². The number of nitrogens with zero attached hydrogens (tertiary/aromatic N) is 1. The van der Waals surface area contributed by atoms with E-state index in [1.54, 1.807) is 0 Å². The maximum atomic E-state index is 12.1. The summed E-state index contributed by atoms with van der Waals surface area (Å²) in [6, 6.07) is 7.68. The number of hydrogen-bond acceptors (Lipinski definition) is 2. The third kappa shape index (κ3) is 2.07. The number of nitrogens with one attached hydrogen (secondary N) is 2. The molecular weight excluding hydrogens is 282 g/mol. The first-order valence-corrected chi connectivity index (χ1v) is 6.26. The van der Waals surface area contributed by atoms with Gasteiger partial charge in [0.25, 0.3) is 5.91 Å². The minimum absolute atomic E-state index is 0.0865. The topological polar surface area (TPSA) is 53.5 Å². The quantitative estimate of drug-likeness (QED) is 0.874. The predicted molar refractivity (Wildman–Crippen MR) is 70.7 cm³/mol. The lowest BCUT2D eigenvalue weighted by Gasteiger charge is -2.22. The van der Waals surface area contributed by atoms with Gasteiger partial charge in [-0.15, -0.1) is 0 Å². The van der Waals surface area contributed by atoms with Crippen molar-refractivity contribution in [1.82, 2.24) is 10.6 Å². The predicted octanol–water partition coefficient (Wildman–Crippen LogP) is 1.76. The molecule has 2 rings (SSSR count). The SMILES string of the molecule is CCN=C1NC(=O)C(C)(c2ccccc2Br)N1. The second-order valence-electron chi connectivity index (χ2n) is 4.01. The van der Waals surface area contributed by atoms with E-state index in [1.807, 2.05) is 38.1 Å². The maximum Gasteiger partial charge on any atom is 0.256 e. The van der Waals surface area contributed by atoms with Gasteiger partial charge in [-0.3, -0.25) is 15.1 Å². The van der Waals surface area contributed by atoms with Gasteiger partial charge in [0.1, 0.15) is 5.54 Å². The number of benzene rings is 1. The molecule has 1 aliphatic rings. The molecule has 1 heterocycles. The van der Waals surface area contributed by atoms with Crippen molar-refractivity contribution in [2.24, 2.45) is 4.99 Å². The molecule has 1 unspecified atom stereocenters. The highest BCUT2D eigenvalue weighted by Gasteiger charge is 2.43. The monoisotopic (exact) mass is 295 g/mol. The van der Waals surface area contributed by atoms with E-state index >= 15 is 0 Å². The Hall–Kier alpha value is -1.36. The first-order valence-electron chi connectivity index (χ1n) is 5.47. The molecule has 17 heavy (non-hydrogen) atoms. The number of halogens is 1. The Morgan fingerprint density at radius 3 is 2.76 bits per heavy atom. The Morgan fingerprint density at radius 2 is 2.12 bits per heavy atom. The number of carbonyl (C=O) groups excluding carboxylic acids is 1. The van der Waals surface area contributed by atoms with Crippen LogP contribution in [0.25, 0.3) is 0 Å². The zero-order valence-corrected chi connectivity index (χ0v) is 11.3. The molecule has 1 aromatic rings. The van der Waals surface area contributed by atoms with Gasteiger partial charge in [-0.25, -0.2) is 0 Å². The molecule has 4 nitrogen and oxygen atoms in total. The average Bonchev–Trinajstić information content (AvgIpc) is 2.56. The standard InChI is InChI=1S/C12H14BrN3O/c1-3-14-11-15-10(17)12(2,16-11)8-6-4-5-7-9(8)13/h4-7H,3H2,1-2H3,(H2,14,15,16,17). The number of aliphatic imine (C=N–C) groups is 1. The summed E-state index contributed by atoms with van der Waals surface area (Å²) in [7, 11) is 0. The first kappa shape index (κ1) is 12.1. The lowest BCUT2D eigenvalue weighted by atomic mass is 9.92. The Labute approximate surface area is 109 Å². The van der Waals surface area contributed by atoms with E-state index in [0.717, 1.165) is 10.0 Å². The van der Waals surface area contributed by atoms with Crippen LogP contribution >= 0.6 is 15.9 Å². The van der Waals surface area contributed by atoms with Crippen LogP contribution in [0.4, 0.5) is 0 Å². The minimum Gasteiger partial charge on any atom is -0.338 e. The molecule has 90 valence electrons. The molecule has 0 aliphatic carbocycles. The molecule has 1 aliphatic heterocycles. The van der Waals surface area contributed by atoms with E-state index < -0.39 is 5.54 Å². The smallest absolute Gasteiger partial charge is 0.256 e. The normalized spacial score (nSPS) is 25.8. The van der Waals surface area contributed by atoms with Crippen LogP contribution in [0.2, 0.25) is 0 Å². The molecule has 0 aromatic heterocycles.